The Morgan fingerprint density at radius 3 is 2.57 bits per heavy atom. The van der Waals surface area contributed by atoms with Crippen LogP contribution in [0.2, 0.25) is 0 Å². The third-order valence-corrected chi connectivity index (χ3v) is 2.78. The topological polar surface area (TPSA) is 26.0 Å². The van der Waals surface area contributed by atoms with Crippen LogP contribution in [-0.4, -0.2) is 0 Å². The van der Waals surface area contributed by atoms with Crippen molar-refractivity contribution >= 4 is 17.0 Å². The van der Waals surface area contributed by atoms with Crippen LogP contribution in [0.3, 0.4) is 0 Å². The van der Waals surface area contributed by atoms with Gasteiger partial charge in [-0.15, -0.1) is 11.3 Å². The van der Waals surface area contributed by atoms with Crippen molar-refractivity contribution in [1.82, 2.24) is 0 Å². The molecule has 4 heteroatoms. The largest absolute Gasteiger partial charge is 0.396 e. The van der Waals surface area contributed by atoms with Crippen molar-refractivity contribution < 1.29 is 8.78 Å². The summed E-state index contributed by atoms with van der Waals surface area (Å²) in [6.45, 7) is 0. The molecule has 72 valence electrons. The molecule has 0 amide bonds. The zero-order valence-electron chi connectivity index (χ0n) is 7.13. The zero-order chi connectivity index (χ0) is 10.1. The standard InChI is InChI=1S/C10H7F2NS/c11-7-4-6(5-8(13)10(7)12)9-2-1-3-14-9/h1-5H,13H2. The van der Waals surface area contributed by atoms with E-state index in [4.69, 9.17) is 5.73 Å². The van der Waals surface area contributed by atoms with Gasteiger partial charge in [0.05, 0.1) is 5.69 Å². The monoisotopic (exact) mass is 211 g/mol. The van der Waals surface area contributed by atoms with E-state index in [1.54, 1.807) is 0 Å². The molecule has 2 aromatic rings. The second-order valence-corrected chi connectivity index (χ2v) is 3.79. The first-order valence-corrected chi connectivity index (χ1v) is 4.85. The molecule has 0 saturated carbocycles. The highest BCUT2D eigenvalue weighted by Crippen LogP contribution is 2.28. The summed E-state index contributed by atoms with van der Waals surface area (Å²) in [5, 5.41) is 1.87. The van der Waals surface area contributed by atoms with Crippen molar-refractivity contribution in [2.45, 2.75) is 0 Å². The maximum atomic E-state index is 13.0. The second kappa shape index (κ2) is 3.38. The number of hydrogen-bond donors (Lipinski definition) is 1. The molecule has 2 N–H and O–H groups in total. The Hall–Kier alpha value is -1.42. The molecular formula is C10H7F2NS. The molecule has 0 radical (unpaired) electrons. The van der Waals surface area contributed by atoms with E-state index in [9.17, 15) is 8.78 Å². The summed E-state index contributed by atoms with van der Waals surface area (Å²) in [5.41, 5.74) is 5.77. The lowest BCUT2D eigenvalue weighted by molar-refractivity contribution is 0.512. The first-order chi connectivity index (χ1) is 6.68. The average molecular weight is 211 g/mol. The number of benzene rings is 1. The van der Waals surface area contributed by atoms with Crippen molar-refractivity contribution in [3.05, 3.63) is 41.3 Å². The number of anilines is 1. The van der Waals surface area contributed by atoms with E-state index >= 15 is 0 Å². The molecule has 0 atom stereocenters. The number of thiophene rings is 1. The van der Waals surface area contributed by atoms with Gasteiger partial charge in [0, 0.05) is 4.88 Å². The summed E-state index contributed by atoms with van der Waals surface area (Å²) >= 11 is 1.45. The van der Waals surface area contributed by atoms with Crippen molar-refractivity contribution in [3.8, 4) is 10.4 Å². The summed E-state index contributed by atoms with van der Waals surface area (Å²) in [5.74, 6) is -1.89. The fraction of sp³-hybridized carbons (Fsp3) is 0. The zero-order valence-corrected chi connectivity index (χ0v) is 7.94. The fourth-order valence-electron chi connectivity index (χ4n) is 1.20. The van der Waals surface area contributed by atoms with Gasteiger partial charge in [-0.05, 0) is 29.1 Å². The molecule has 14 heavy (non-hydrogen) atoms. The minimum absolute atomic E-state index is 0.159. The van der Waals surface area contributed by atoms with Crippen molar-refractivity contribution in [1.29, 1.82) is 0 Å². The van der Waals surface area contributed by atoms with Gasteiger partial charge in [-0.25, -0.2) is 8.78 Å². The van der Waals surface area contributed by atoms with Crippen LogP contribution in [0.25, 0.3) is 10.4 Å². The minimum Gasteiger partial charge on any atom is -0.396 e. The highest BCUT2D eigenvalue weighted by molar-refractivity contribution is 7.13. The fourth-order valence-corrected chi connectivity index (χ4v) is 1.91. The van der Waals surface area contributed by atoms with Gasteiger partial charge in [-0.2, -0.15) is 0 Å². The van der Waals surface area contributed by atoms with Crippen LogP contribution in [0.4, 0.5) is 14.5 Å². The van der Waals surface area contributed by atoms with E-state index in [-0.39, 0.29) is 5.69 Å². The van der Waals surface area contributed by atoms with Crippen LogP contribution in [0.5, 0.6) is 0 Å². The van der Waals surface area contributed by atoms with Crippen LogP contribution in [0, 0.1) is 11.6 Å². The van der Waals surface area contributed by atoms with Gasteiger partial charge in [-0.3, -0.25) is 0 Å². The molecule has 1 heterocycles. The predicted octanol–water partition coefficient (Wildman–Crippen LogP) is 3.28. The molecule has 0 unspecified atom stereocenters. The van der Waals surface area contributed by atoms with E-state index in [1.165, 1.54) is 17.4 Å². The SMILES string of the molecule is Nc1cc(-c2cccs2)cc(F)c1F. The van der Waals surface area contributed by atoms with E-state index in [1.807, 2.05) is 17.5 Å². The lowest BCUT2D eigenvalue weighted by Crippen LogP contribution is -1.94. The molecule has 0 bridgehead atoms. The number of hydrogen-bond acceptors (Lipinski definition) is 2. The first-order valence-electron chi connectivity index (χ1n) is 3.97. The predicted molar refractivity (Wildman–Crippen MR) is 54.1 cm³/mol. The number of rotatable bonds is 1. The Morgan fingerprint density at radius 1 is 1.21 bits per heavy atom. The molecule has 1 nitrogen and oxygen atoms in total. The summed E-state index contributed by atoms with van der Waals surface area (Å²) in [6, 6.07) is 6.26. The minimum atomic E-state index is -0.981. The molecule has 1 aromatic carbocycles. The van der Waals surface area contributed by atoms with Crippen LogP contribution >= 0.6 is 11.3 Å². The van der Waals surface area contributed by atoms with Crippen molar-refractivity contribution in [3.63, 3.8) is 0 Å². The second-order valence-electron chi connectivity index (χ2n) is 2.84. The first kappa shape index (κ1) is 9.15. The van der Waals surface area contributed by atoms with Gasteiger partial charge in [0.2, 0.25) is 0 Å². The van der Waals surface area contributed by atoms with Crippen LogP contribution in [0.1, 0.15) is 0 Å². The highest BCUT2D eigenvalue weighted by Gasteiger charge is 2.09. The van der Waals surface area contributed by atoms with E-state index in [2.05, 4.69) is 0 Å². The van der Waals surface area contributed by atoms with Gasteiger partial charge in [-0.1, -0.05) is 6.07 Å². The molecule has 0 aliphatic heterocycles. The normalized spacial score (nSPS) is 10.4. The third kappa shape index (κ3) is 1.48. The molecule has 0 fully saturated rings. The van der Waals surface area contributed by atoms with E-state index in [0.29, 0.717) is 5.56 Å². The summed E-state index contributed by atoms with van der Waals surface area (Å²) in [4.78, 5) is 0.871. The number of nitrogens with two attached hydrogens (primary N) is 1. The Morgan fingerprint density at radius 2 is 2.00 bits per heavy atom. The summed E-state index contributed by atoms with van der Waals surface area (Å²) in [7, 11) is 0. The summed E-state index contributed by atoms with van der Waals surface area (Å²) in [6.07, 6.45) is 0. The Labute approximate surface area is 83.8 Å². The Bertz CT molecular complexity index is 428. The van der Waals surface area contributed by atoms with Gasteiger partial charge >= 0.3 is 0 Å². The van der Waals surface area contributed by atoms with Crippen molar-refractivity contribution in [2.75, 3.05) is 5.73 Å². The van der Waals surface area contributed by atoms with Gasteiger partial charge < -0.3 is 5.73 Å². The smallest absolute Gasteiger partial charge is 0.181 e. The Balaban J connectivity index is 2.57. The van der Waals surface area contributed by atoms with E-state index in [0.717, 1.165) is 10.9 Å². The average Bonchev–Trinajstić information content (AvgIpc) is 2.66. The quantitative estimate of drug-likeness (QED) is 0.720. The lowest BCUT2D eigenvalue weighted by Gasteiger charge is -2.02. The maximum Gasteiger partial charge on any atom is 0.181 e. The van der Waals surface area contributed by atoms with Crippen molar-refractivity contribution in [2.24, 2.45) is 0 Å². The number of halogens is 2. The van der Waals surface area contributed by atoms with Crippen LogP contribution in [-0.2, 0) is 0 Å². The van der Waals surface area contributed by atoms with E-state index < -0.39 is 11.6 Å². The van der Waals surface area contributed by atoms with Crippen LogP contribution < -0.4 is 5.73 Å². The lowest BCUT2D eigenvalue weighted by atomic mass is 10.1. The molecule has 0 aliphatic rings. The number of nitrogen functional groups attached to an aromatic ring is 1. The Kier molecular flexibility index (Phi) is 2.21. The summed E-state index contributed by atoms with van der Waals surface area (Å²) < 4.78 is 25.8. The van der Waals surface area contributed by atoms with Gasteiger partial charge in [0.25, 0.3) is 0 Å². The molecular weight excluding hydrogens is 204 g/mol. The highest BCUT2D eigenvalue weighted by atomic mass is 32.1. The van der Waals surface area contributed by atoms with Gasteiger partial charge in [0.15, 0.2) is 11.6 Å². The molecule has 0 saturated heterocycles. The third-order valence-electron chi connectivity index (χ3n) is 1.86. The molecule has 1 aromatic heterocycles. The van der Waals surface area contributed by atoms with Gasteiger partial charge in [0.1, 0.15) is 0 Å². The molecule has 0 aliphatic carbocycles. The van der Waals surface area contributed by atoms with Crippen LogP contribution in [0.15, 0.2) is 29.6 Å². The molecule has 0 spiro atoms. The maximum absolute atomic E-state index is 13.0. The molecule has 2 rings (SSSR count).